The molecule has 4 aromatic rings. The van der Waals surface area contributed by atoms with Gasteiger partial charge in [-0.15, -0.1) is 0 Å². The predicted molar refractivity (Wildman–Crippen MR) is 121 cm³/mol. The average Bonchev–Trinajstić information content (AvgIpc) is 3.48. The molecular weight excluding hydrogens is 406 g/mol. The molecule has 3 heterocycles. The standard InChI is InChI=1S/C24H25N5O3/c30-23(15-20-19-9-3-4-10-22(19)32-27-20)25-16-21-17-7-1-2-8-18(17)24(31)29(26-21)14-13-28-11-5-6-12-28/h1-4,7-10H,5-6,11-16H2,(H,25,30). The highest BCUT2D eigenvalue weighted by Gasteiger charge is 2.16. The van der Waals surface area contributed by atoms with Crippen LogP contribution in [0, 0.1) is 0 Å². The predicted octanol–water partition coefficient (Wildman–Crippen LogP) is 2.49. The molecule has 1 fully saturated rings. The zero-order valence-electron chi connectivity index (χ0n) is 17.8. The van der Waals surface area contributed by atoms with Crippen LogP contribution in [0.15, 0.2) is 57.8 Å². The van der Waals surface area contributed by atoms with Gasteiger partial charge in [-0.05, 0) is 44.1 Å². The number of para-hydroxylation sites is 1. The molecule has 0 spiro atoms. The van der Waals surface area contributed by atoms with Crippen molar-refractivity contribution < 1.29 is 9.32 Å². The molecule has 2 aromatic heterocycles. The van der Waals surface area contributed by atoms with Crippen molar-refractivity contribution in [2.24, 2.45) is 0 Å². The molecule has 0 radical (unpaired) electrons. The third-order valence-electron chi connectivity index (χ3n) is 6.00. The van der Waals surface area contributed by atoms with Gasteiger partial charge in [0, 0.05) is 17.3 Å². The summed E-state index contributed by atoms with van der Waals surface area (Å²) in [6, 6.07) is 14.9. The number of carbonyl (C=O) groups is 1. The average molecular weight is 431 g/mol. The Labute approximate surface area is 184 Å². The van der Waals surface area contributed by atoms with Gasteiger partial charge >= 0.3 is 0 Å². The van der Waals surface area contributed by atoms with E-state index in [4.69, 9.17) is 4.52 Å². The minimum absolute atomic E-state index is 0.0936. The molecule has 0 aliphatic carbocycles. The first-order chi connectivity index (χ1) is 15.7. The molecule has 8 heteroatoms. The van der Waals surface area contributed by atoms with Gasteiger partial charge < -0.3 is 14.7 Å². The summed E-state index contributed by atoms with van der Waals surface area (Å²) in [4.78, 5) is 27.9. The third kappa shape index (κ3) is 4.13. The van der Waals surface area contributed by atoms with Crippen molar-refractivity contribution in [3.05, 3.63) is 70.3 Å². The highest BCUT2D eigenvalue weighted by Crippen LogP contribution is 2.18. The third-order valence-corrected chi connectivity index (χ3v) is 6.00. The molecule has 0 unspecified atom stereocenters. The van der Waals surface area contributed by atoms with Crippen molar-refractivity contribution in [3.8, 4) is 0 Å². The summed E-state index contributed by atoms with van der Waals surface area (Å²) < 4.78 is 6.82. The molecule has 0 atom stereocenters. The molecule has 0 bridgehead atoms. The van der Waals surface area contributed by atoms with Gasteiger partial charge in [-0.3, -0.25) is 9.59 Å². The number of carbonyl (C=O) groups excluding carboxylic acids is 1. The number of rotatable bonds is 7. The SMILES string of the molecule is O=C(Cc1noc2ccccc12)NCc1nn(CCN2CCCC2)c(=O)c2ccccc12. The maximum Gasteiger partial charge on any atom is 0.274 e. The smallest absolute Gasteiger partial charge is 0.274 e. The fourth-order valence-electron chi connectivity index (χ4n) is 4.29. The van der Waals surface area contributed by atoms with E-state index in [1.165, 1.54) is 17.5 Å². The van der Waals surface area contributed by atoms with Crippen molar-refractivity contribution in [3.63, 3.8) is 0 Å². The first kappa shape index (κ1) is 20.4. The summed E-state index contributed by atoms with van der Waals surface area (Å²) in [5.74, 6) is -0.176. The second-order valence-corrected chi connectivity index (χ2v) is 8.15. The second kappa shape index (κ2) is 8.92. The van der Waals surface area contributed by atoms with Gasteiger partial charge in [0.05, 0.1) is 30.6 Å². The molecule has 1 aliphatic heterocycles. The summed E-state index contributed by atoms with van der Waals surface area (Å²) in [5.41, 5.74) is 1.85. The van der Waals surface area contributed by atoms with Crippen LogP contribution in [-0.4, -0.2) is 45.4 Å². The van der Waals surface area contributed by atoms with Gasteiger partial charge in [-0.1, -0.05) is 35.5 Å². The Balaban J connectivity index is 1.34. The first-order valence-electron chi connectivity index (χ1n) is 11.0. The quantitative estimate of drug-likeness (QED) is 0.483. The van der Waals surface area contributed by atoms with E-state index in [1.807, 2.05) is 48.5 Å². The van der Waals surface area contributed by atoms with Gasteiger partial charge in [0.1, 0.15) is 5.69 Å². The maximum absolute atomic E-state index is 12.9. The topological polar surface area (TPSA) is 93.3 Å². The first-order valence-corrected chi connectivity index (χ1v) is 11.0. The minimum atomic E-state index is -0.176. The Morgan fingerprint density at radius 2 is 1.66 bits per heavy atom. The lowest BCUT2D eigenvalue weighted by atomic mass is 10.1. The largest absolute Gasteiger partial charge is 0.356 e. The van der Waals surface area contributed by atoms with E-state index < -0.39 is 0 Å². The molecule has 2 aromatic carbocycles. The molecule has 1 saturated heterocycles. The highest BCUT2D eigenvalue weighted by molar-refractivity contribution is 5.87. The number of likely N-dealkylation sites (tertiary alicyclic amines) is 1. The lowest BCUT2D eigenvalue weighted by Crippen LogP contribution is -2.33. The van der Waals surface area contributed by atoms with Crippen molar-refractivity contribution >= 4 is 27.6 Å². The molecule has 164 valence electrons. The number of aromatic nitrogens is 3. The zero-order valence-corrected chi connectivity index (χ0v) is 17.8. The Bertz CT molecular complexity index is 1320. The molecule has 5 rings (SSSR count). The highest BCUT2D eigenvalue weighted by atomic mass is 16.5. The van der Waals surface area contributed by atoms with E-state index in [0.29, 0.717) is 28.9 Å². The Hall–Kier alpha value is -3.52. The summed E-state index contributed by atoms with van der Waals surface area (Å²) in [6.45, 7) is 3.72. The molecule has 1 amide bonds. The van der Waals surface area contributed by atoms with Crippen LogP contribution in [0.1, 0.15) is 24.2 Å². The molecular formula is C24H25N5O3. The van der Waals surface area contributed by atoms with Crippen LogP contribution < -0.4 is 10.9 Å². The molecule has 0 saturated carbocycles. The molecule has 1 N–H and O–H groups in total. The van der Waals surface area contributed by atoms with Crippen LogP contribution in [0.4, 0.5) is 0 Å². The fourth-order valence-corrected chi connectivity index (χ4v) is 4.29. The lowest BCUT2D eigenvalue weighted by Gasteiger charge is -2.16. The Morgan fingerprint density at radius 1 is 0.938 bits per heavy atom. The van der Waals surface area contributed by atoms with Crippen LogP contribution in [0.5, 0.6) is 0 Å². The van der Waals surface area contributed by atoms with Crippen molar-refractivity contribution in [1.82, 2.24) is 25.2 Å². The number of fused-ring (bicyclic) bond motifs is 2. The van der Waals surface area contributed by atoms with Gasteiger partial charge in [-0.2, -0.15) is 5.10 Å². The summed E-state index contributed by atoms with van der Waals surface area (Å²) in [7, 11) is 0. The summed E-state index contributed by atoms with van der Waals surface area (Å²) in [6.07, 6.45) is 2.53. The van der Waals surface area contributed by atoms with E-state index >= 15 is 0 Å². The van der Waals surface area contributed by atoms with Crippen LogP contribution in [-0.2, 0) is 24.3 Å². The normalized spacial score (nSPS) is 14.4. The minimum Gasteiger partial charge on any atom is -0.356 e. The van der Waals surface area contributed by atoms with E-state index in [9.17, 15) is 9.59 Å². The van der Waals surface area contributed by atoms with E-state index in [-0.39, 0.29) is 24.4 Å². The summed E-state index contributed by atoms with van der Waals surface area (Å²) >= 11 is 0. The Kier molecular flexibility index (Phi) is 5.68. The maximum atomic E-state index is 12.9. The van der Waals surface area contributed by atoms with Crippen LogP contribution >= 0.6 is 0 Å². The number of nitrogens with one attached hydrogen (secondary N) is 1. The van der Waals surface area contributed by atoms with Gasteiger partial charge in [0.25, 0.3) is 5.56 Å². The lowest BCUT2D eigenvalue weighted by molar-refractivity contribution is -0.120. The number of benzene rings is 2. The van der Waals surface area contributed by atoms with E-state index in [0.717, 1.165) is 30.4 Å². The number of nitrogens with zero attached hydrogens (tertiary/aromatic N) is 4. The second-order valence-electron chi connectivity index (χ2n) is 8.15. The fraction of sp³-hybridized carbons (Fsp3) is 0.333. The number of hydrogen-bond acceptors (Lipinski definition) is 6. The van der Waals surface area contributed by atoms with Gasteiger partial charge in [-0.25, -0.2) is 4.68 Å². The number of hydrogen-bond donors (Lipinski definition) is 1. The number of amides is 1. The van der Waals surface area contributed by atoms with Gasteiger partial charge in [0.2, 0.25) is 5.91 Å². The van der Waals surface area contributed by atoms with Crippen LogP contribution in [0.3, 0.4) is 0 Å². The van der Waals surface area contributed by atoms with E-state index in [2.05, 4.69) is 20.5 Å². The summed E-state index contributed by atoms with van der Waals surface area (Å²) in [5, 5.41) is 13.8. The molecule has 1 aliphatic rings. The Morgan fingerprint density at radius 3 is 2.47 bits per heavy atom. The molecule has 32 heavy (non-hydrogen) atoms. The molecule has 8 nitrogen and oxygen atoms in total. The monoisotopic (exact) mass is 431 g/mol. The van der Waals surface area contributed by atoms with Crippen LogP contribution in [0.2, 0.25) is 0 Å². The van der Waals surface area contributed by atoms with E-state index in [1.54, 1.807) is 0 Å². The van der Waals surface area contributed by atoms with Gasteiger partial charge in [0.15, 0.2) is 5.58 Å². The van der Waals surface area contributed by atoms with Crippen molar-refractivity contribution in [2.75, 3.05) is 19.6 Å². The van der Waals surface area contributed by atoms with Crippen molar-refractivity contribution in [1.29, 1.82) is 0 Å². The van der Waals surface area contributed by atoms with Crippen LogP contribution in [0.25, 0.3) is 21.7 Å². The van der Waals surface area contributed by atoms with Crippen molar-refractivity contribution in [2.45, 2.75) is 32.4 Å². The zero-order chi connectivity index (χ0) is 21.9.